The van der Waals surface area contributed by atoms with Gasteiger partial charge in [0.2, 0.25) is 0 Å². The summed E-state index contributed by atoms with van der Waals surface area (Å²) in [5.41, 5.74) is 5.27. The highest BCUT2D eigenvalue weighted by molar-refractivity contribution is 8.18. The van der Waals surface area contributed by atoms with E-state index in [-0.39, 0.29) is 0 Å². The first-order valence-electron chi connectivity index (χ1n) is 3.09. The molecule has 0 radical (unpaired) electrons. The van der Waals surface area contributed by atoms with Gasteiger partial charge in [-0.15, -0.1) is 9.07 Å². The molecule has 0 bridgehead atoms. The molecule has 3 heteroatoms. The molecule has 0 unspecified atom stereocenters. The maximum Gasteiger partial charge on any atom is 0.00410 e. The first-order chi connectivity index (χ1) is 3.81. The fourth-order valence-corrected chi connectivity index (χ4v) is 1.73. The minimum absolute atomic E-state index is 0.643. The molecule has 2 nitrogen and oxygen atoms in total. The highest BCUT2D eigenvalue weighted by Gasteiger charge is 2.15. The van der Waals surface area contributed by atoms with Crippen LogP contribution in [0.4, 0.5) is 0 Å². The maximum atomic E-state index is 11.5. The smallest absolute Gasteiger partial charge is 0.00410 e. The van der Waals surface area contributed by atoms with E-state index in [2.05, 4.69) is 0 Å². The molecule has 2 N–H and O–H groups in total. The van der Waals surface area contributed by atoms with E-state index < -0.39 is 9.07 Å². The third kappa shape index (κ3) is 8.11. The number of rotatable bonds is 3. The van der Waals surface area contributed by atoms with Crippen LogP contribution < -0.4 is 5.73 Å². The molecule has 0 aliphatic heterocycles. The Morgan fingerprint density at radius 3 is 1.89 bits per heavy atom. The normalized spacial score (nSPS) is 16.7. The minimum Gasteiger partial charge on any atom is -0.330 e. The molecule has 0 saturated heterocycles. The van der Waals surface area contributed by atoms with Gasteiger partial charge in [0.15, 0.2) is 0 Å². The van der Waals surface area contributed by atoms with Crippen molar-refractivity contribution in [3.8, 4) is 0 Å². The van der Waals surface area contributed by atoms with Crippen LogP contribution in [0.5, 0.6) is 0 Å². The first-order valence-corrected chi connectivity index (χ1v) is 6.45. The quantitative estimate of drug-likeness (QED) is 0.619. The fourth-order valence-electron chi connectivity index (χ4n) is 0.575. The first kappa shape index (κ1) is 9.11. The van der Waals surface area contributed by atoms with Crippen molar-refractivity contribution >= 4 is 9.07 Å². The summed E-state index contributed by atoms with van der Waals surface area (Å²) in [7, 11) is -2.24. The molecule has 0 heterocycles. The lowest BCUT2D eigenvalue weighted by Gasteiger charge is -2.27. The molecule has 0 aliphatic carbocycles. The van der Waals surface area contributed by atoms with Crippen LogP contribution in [-0.2, 0) is 9.07 Å². The predicted molar refractivity (Wildman–Crippen MR) is 44.5 cm³/mol. The lowest BCUT2D eigenvalue weighted by atomic mass is 10.5. The third-order valence-corrected chi connectivity index (χ3v) is 2.72. The fraction of sp³-hybridized carbons (Fsp3) is 1.00. The zero-order valence-corrected chi connectivity index (χ0v) is 7.33. The predicted octanol–water partition coefficient (Wildman–Crippen LogP) is 0.0447. The van der Waals surface area contributed by atoms with E-state index in [1.165, 1.54) is 0 Å². The van der Waals surface area contributed by atoms with Crippen LogP contribution in [0.25, 0.3) is 0 Å². The Balaban J connectivity index is 3.76. The Kier molecular flexibility index (Phi) is 2.41. The van der Waals surface area contributed by atoms with Crippen molar-refractivity contribution in [3.05, 3.63) is 0 Å². The van der Waals surface area contributed by atoms with Gasteiger partial charge in [-0.2, -0.15) is 0 Å². The van der Waals surface area contributed by atoms with E-state index in [1.54, 1.807) is 0 Å². The van der Waals surface area contributed by atoms with Crippen LogP contribution in [0.15, 0.2) is 0 Å². The number of nitrogens with two attached hydrogens (primary N) is 1. The Morgan fingerprint density at radius 2 is 1.78 bits per heavy atom. The summed E-state index contributed by atoms with van der Waals surface area (Å²) in [6.07, 6.45) is 6.31. The third-order valence-electron chi connectivity index (χ3n) is 1.04. The van der Waals surface area contributed by atoms with E-state index >= 15 is 0 Å². The van der Waals surface area contributed by atoms with Gasteiger partial charge < -0.3 is 5.73 Å². The summed E-state index contributed by atoms with van der Waals surface area (Å²) in [5, 5.41) is 0. The van der Waals surface area contributed by atoms with Gasteiger partial charge in [0.1, 0.15) is 0 Å². The molecule has 0 aromatic carbocycles. The summed E-state index contributed by atoms with van der Waals surface area (Å²) in [4.78, 5) is 0. The van der Waals surface area contributed by atoms with Gasteiger partial charge in [0.25, 0.3) is 0 Å². The molecule has 0 spiro atoms. The van der Waals surface area contributed by atoms with Crippen LogP contribution in [0.1, 0.15) is 6.42 Å². The SMILES string of the molecule is CS(C)(C)(=O)CCCN. The van der Waals surface area contributed by atoms with E-state index in [1.807, 2.05) is 18.8 Å². The monoisotopic (exact) mass is 151 g/mol. The highest BCUT2D eigenvalue weighted by Crippen LogP contribution is 2.11. The van der Waals surface area contributed by atoms with Crippen molar-refractivity contribution in [3.63, 3.8) is 0 Å². The Hall–Kier alpha value is 0.110. The van der Waals surface area contributed by atoms with E-state index in [0.717, 1.165) is 12.2 Å². The summed E-state index contributed by atoms with van der Waals surface area (Å²) >= 11 is 0. The maximum absolute atomic E-state index is 11.5. The van der Waals surface area contributed by atoms with Gasteiger partial charge in [0, 0.05) is 5.75 Å². The molecule has 0 rings (SSSR count). The van der Waals surface area contributed by atoms with Crippen molar-refractivity contribution in [1.82, 2.24) is 0 Å². The van der Waals surface area contributed by atoms with Gasteiger partial charge in [-0.25, -0.2) is 0 Å². The largest absolute Gasteiger partial charge is 0.330 e. The van der Waals surface area contributed by atoms with Gasteiger partial charge in [-0.3, -0.25) is 4.21 Å². The molecule has 0 saturated carbocycles. The summed E-state index contributed by atoms with van der Waals surface area (Å²) in [6.45, 7) is 0.643. The molecular formula is C6H17NOS. The van der Waals surface area contributed by atoms with E-state index in [4.69, 9.17) is 5.73 Å². The molecule has 0 fully saturated rings. The zero-order valence-electron chi connectivity index (χ0n) is 6.52. The minimum atomic E-state index is -2.24. The van der Waals surface area contributed by atoms with Gasteiger partial charge in [0.05, 0.1) is 0 Å². The molecule has 0 aliphatic rings. The van der Waals surface area contributed by atoms with Crippen LogP contribution in [-0.4, -0.2) is 35.3 Å². The number of hydrogen-bond donors (Lipinski definition) is 1. The van der Waals surface area contributed by atoms with Gasteiger partial charge >= 0.3 is 0 Å². The number of hydrogen-bond acceptors (Lipinski definition) is 2. The van der Waals surface area contributed by atoms with Crippen LogP contribution >= 0.6 is 0 Å². The molecule has 58 valence electrons. The van der Waals surface area contributed by atoms with Crippen molar-refractivity contribution in [1.29, 1.82) is 0 Å². The molecule has 0 aromatic rings. The molecular weight excluding hydrogens is 134 g/mol. The summed E-state index contributed by atoms with van der Waals surface area (Å²) in [6, 6.07) is 0. The van der Waals surface area contributed by atoms with E-state index in [9.17, 15) is 4.21 Å². The molecule has 9 heavy (non-hydrogen) atoms. The van der Waals surface area contributed by atoms with Crippen LogP contribution in [0.2, 0.25) is 0 Å². The highest BCUT2D eigenvalue weighted by atomic mass is 32.3. The lowest BCUT2D eigenvalue weighted by Crippen LogP contribution is -2.32. The average molecular weight is 151 g/mol. The molecule has 0 atom stereocenters. The summed E-state index contributed by atoms with van der Waals surface area (Å²) in [5.74, 6) is 0.758. The zero-order chi connectivity index (χ0) is 7.57. The van der Waals surface area contributed by atoms with Crippen molar-refractivity contribution in [2.45, 2.75) is 6.42 Å². The van der Waals surface area contributed by atoms with Crippen LogP contribution in [0.3, 0.4) is 0 Å². The lowest BCUT2D eigenvalue weighted by molar-refractivity contribution is 0.666. The Bertz CT molecular complexity index is 136. The Morgan fingerprint density at radius 1 is 1.33 bits per heavy atom. The standard InChI is InChI=1S/C6H17NOS/c1-9(2,3,8)6-4-5-7/h4-7H2,1-3H3. The molecule has 0 amide bonds. The van der Waals surface area contributed by atoms with Gasteiger partial charge in [-0.1, -0.05) is 0 Å². The molecule has 0 aromatic heterocycles. The second-order valence-corrected chi connectivity index (χ2v) is 9.38. The summed E-state index contributed by atoms with van der Waals surface area (Å²) < 4.78 is 11.5. The van der Waals surface area contributed by atoms with Crippen LogP contribution in [0, 0.1) is 0 Å². The van der Waals surface area contributed by atoms with Crippen molar-refractivity contribution in [2.75, 3.05) is 31.1 Å². The second kappa shape index (κ2) is 2.39. The second-order valence-electron chi connectivity index (χ2n) is 3.55. The Labute approximate surface area is 57.2 Å². The van der Waals surface area contributed by atoms with Crippen molar-refractivity contribution < 1.29 is 4.21 Å². The average Bonchev–Trinajstić information content (AvgIpc) is 1.57. The van der Waals surface area contributed by atoms with E-state index in [0.29, 0.717) is 6.54 Å². The topological polar surface area (TPSA) is 43.1 Å². The van der Waals surface area contributed by atoms with Gasteiger partial charge in [-0.05, 0) is 31.7 Å². The van der Waals surface area contributed by atoms with Crippen molar-refractivity contribution in [2.24, 2.45) is 5.73 Å².